The highest BCUT2D eigenvalue weighted by molar-refractivity contribution is 7.99. The molecular weight excluding hydrogens is 495 g/mol. The maximum absolute atomic E-state index is 13.3. The van der Waals surface area contributed by atoms with E-state index in [1.807, 2.05) is 17.0 Å². The van der Waals surface area contributed by atoms with E-state index in [-0.39, 0.29) is 23.0 Å². The zero-order chi connectivity index (χ0) is 24.2. The summed E-state index contributed by atoms with van der Waals surface area (Å²) < 4.78 is 20.1. The molecule has 1 aromatic carbocycles. The maximum atomic E-state index is 13.3. The highest BCUT2D eigenvalue weighted by atomic mass is 32.2. The zero-order valence-electron chi connectivity index (χ0n) is 18.6. The lowest BCUT2D eigenvalue weighted by Gasteiger charge is -2.08. The van der Waals surface area contributed by atoms with Gasteiger partial charge in [0.15, 0.2) is 11.0 Å². The number of nitrogens with zero attached hydrogens (tertiary/aromatic N) is 3. The van der Waals surface area contributed by atoms with Crippen molar-refractivity contribution in [1.82, 2.24) is 14.8 Å². The smallest absolute Gasteiger partial charge is 0.341 e. The minimum atomic E-state index is -0.580. The van der Waals surface area contributed by atoms with Gasteiger partial charge in [-0.05, 0) is 30.2 Å². The molecule has 0 atom stereocenters. The van der Waals surface area contributed by atoms with Crippen LogP contribution in [0.3, 0.4) is 0 Å². The normalized spacial score (nSPS) is 10.9. The number of rotatable bonds is 8. The second kappa shape index (κ2) is 10.5. The summed E-state index contributed by atoms with van der Waals surface area (Å²) in [5.41, 5.74) is 2.46. The quantitative estimate of drug-likeness (QED) is 0.246. The summed E-state index contributed by atoms with van der Waals surface area (Å²) in [5, 5.41) is 16.1. The monoisotopic (exact) mass is 516 g/mol. The molecule has 1 N–H and O–H groups in total. The van der Waals surface area contributed by atoms with Crippen LogP contribution in [0.4, 0.5) is 9.39 Å². The minimum absolute atomic E-state index is 0.0835. The van der Waals surface area contributed by atoms with Crippen molar-refractivity contribution in [3.05, 3.63) is 57.3 Å². The van der Waals surface area contributed by atoms with Crippen LogP contribution in [-0.2, 0) is 23.0 Å². The molecule has 1 amide bonds. The first-order valence-corrected chi connectivity index (χ1v) is 13.0. The molecule has 3 heterocycles. The van der Waals surface area contributed by atoms with Gasteiger partial charge in [-0.15, -0.1) is 32.9 Å². The van der Waals surface area contributed by atoms with E-state index in [0.717, 1.165) is 17.8 Å². The number of amides is 1. The van der Waals surface area contributed by atoms with Crippen molar-refractivity contribution >= 4 is 51.3 Å². The van der Waals surface area contributed by atoms with Gasteiger partial charge in [0.2, 0.25) is 5.91 Å². The van der Waals surface area contributed by atoms with Crippen LogP contribution in [-0.4, -0.2) is 39.5 Å². The Labute approximate surface area is 208 Å². The molecule has 0 saturated heterocycles. The number of anilines is 1. The molecule has 0 aliphatic rings. The van der Waals surface area contributed by atoms with E-state index < -0.39 is 5.97 Å². The summed E-state index contributed by atoms with van der Waals surface area (Å²) in [6, 6.07) is 7.88. The maximum Gasteiger partial charge on any atom is 0.341 e. The van der Waals surface area contributed by atoms with Crippen molar-refractivity contribution in [2.24, 2.45) is 7.05 Å². The summed E-state index contributed by atoms with van der Waals surface area (Å²) in [4.78, 5) is 26.4. The van der Waals surface area contributed by atoms with Gasteiger partial charge in [0.05, 0.1) is 12.9 Å². The number of nitrogens with one attached hydrogen (secondary N) is 1. The Balaban J connectivity index is 1.47. The van der Waals surface area contributed by atoms with E-state index >= 15 is 0 Å². The van der Waals surface area contributed by atoms with Gasteiger partial charge in [0.25, 0.3) is 0 Å². The van der Waals surface area contributed by atoms with Crippen LogP contribution in [0.2, 0.25) is 0 Å². The average Bonchev–Trinajstić information content (AvgIpc) is 3.56. The van der Waals surface area contributed by atoms with Gasteiger partial charge in [0.1, 0.15) is 16.4 Å². The third-order valence-corrected chi connectivity index (χ3v) is 8.01. The van der Waals surface area contributed by atoms with E-state index in [2.05, 4.69) is 28.5 Å². The molecule has 11 heteroatoms. The van der Waals surface area contributed by atoms with E-state index in [0.29, 0.717) is 21.3 Å². The Morgan fingerprint density at radius 3 is 2.59 bits per heavy atom. The van der Waals surface area contributed by atoms with Gasteiger partial charge >= 0.3 is 5.97 Å². The summed E-state index contributed by atoms with van der Waals surface area (Å²) in [6.07, 6.45) is 0.962. The molecule has 4 rings (SSSR count). The molecule has 4 aromatic rings. The number of carbonyl (C=O) groups is 2. The van der Waals surface area contributed by atoms with Crippen LogP contribution in [0, 0.1) is 5.82 Å². The number of thioether (sulfide) groups is 1. The van der Waals surface area contributed by atoms with E-state index in [1.54, 1.807) is 28.8 Å². The van der Waals surface area contributed by atoms with Crippen LogP contribution in [0.5, 0.6) is 0 Å². The fourth-order valence-electron chi connectivity index (χ4n) is 3.26. The molecule has 7 nitrogen and oxygen atoms in total. The number of benzene rings is 1. The number of aryl methyl sites for hydroxylation is 1. The number of aromatic nitrogens is 3. The molecule has 0 saturated carbocycles. The Morgan fingerprint density at radius 2 is 1.91 bits per heavy atom. The number of hydrogen-bond donors (Lipinski definition) is 1. The third-order valence-electron chi connectivity index (χ3n) is 5.02. The number of carbonyl (C=O) groups excluding carboxylic acids is 2. The van der Waals surface area contributed by atoms with Crippen molar-refractivity contribution in [3.63, 3.8) is 0 Å². The summed E-state index contributed by atoms with van der Waals surface area (Å²) in [5.74, 6) is -0.421. The lowest BCUT2D eigenvalue weighted by molar-refractivity contribution is -0.113. The molecule has 176 valence electrons. The number of thiophene rings is 2. The van der Waals surface area contributed by atoms with Crippen LogP contribution < -0.4 is 5.32 Å². The third kappa shape index (κ3) is 5.06. The number of hydrogen-bond acceptors (Lipinski definition) is 8. The summed E-state index contributed by atoms with van der Waals surface area (Å²) in [6.45, 7) is 2.11. The lowest BCUT2D eigenvalue weighted by atomic mass is 10.0. The zero-order valence-corrected chi connectivity index (χ0v) is 21.1. The summed E-state index contributed by atoms with van der Waals surface area (Å²) >= 11 is 4.15. The lowest BCUT2D eigenvalue weighted by Crippen LogP contribution is -2.16. The fourth-order valence-corrected chi connectivity index (χ4v) is 5.76. The van der Waals surface area contributed by atoms with E-state index in [9.17, 15) is 14.0 Å². The van der Waals surface area contributed by atoms with Crippen LogP contribution in [0.15, 0.2) is 46.2 Å². The molecule has 0 aliphatic heterocycles. The first kappa shape index (κ1) is 24.1. The van der Waals surface area contributed by atoms with Gasteiger partial charge in [-0.25, -0.2) is 9.18 Å². The number of halogens is 1. The Morgan fingerprint density at radius 1 is 1.15 bits per heavy atom. The van der Waals surface area contributed by atoms with Crippen LogP contribution in [0.1, 0.15) is 22.2 Å². The molecule has 0 radical (unpaired) electrons. The number of ether oxygens (including phenoxy) is 1. The molecule has 0 spiro atoms. The van der Waals surface area contributed by atoms with Gasteiger partial charge in [-0.3, -0.25) is 4.79 Å². The molecule has 0 aliphatic carbocycles. The van der Waals surface area contributed by atoms with Crippen molar-refractivity contribution < 1.29 is 18.7 Å². The van der Waals surface area contributed by atoms with Crippen molar-refractivity contribution in [2.45, 2.75) is 18.5 Å². The SMILES string of the molecule is CCc1cc(-c2nnc(SCC(=O)Nc3scc(-c4ccc(F)cc4)c3C(=O)OC)n2C)cs1. The number of methoxy groups -OCH3 is 1. The highest BCUT2D eigenvalue weighted by Gasteiger charge is 2.23. The van der Waals surface area contributed by atoms with Gasteiger partial charge in [-0.1, -0.05) is 30.8 Å². The second-order valence-corrected chi connectivity index (χ2v) is 10.0. The van der Waals surface area contributed by atoms with Gasteiger partial charge in [0, 0.05) is 33.8 Å². The predicted molar refractivity (Wildman–Crippen MR) is 134 cm³/mol. The highest BCUT2D eigenvalue weighted by Crippen LogP contribution is 2.36. The topological polar surface area (TPSA) is 86.1 Å². The molecule has 3 aromatic heterocycles. The van der Waals surface area contributed by atoms with Gasteiger partial charge < -0.3 is 14.6 Å². The Hall–Kier alpha value is -3.02. The molecular formula is C23H21FN4O3S3. The summed E-state index contributed by atoms with van der Waals surface area (Å²) in [7, 11) is 3.14. The first-order chi connectivity index (χ1) is 16.4. The first-order valence-electron chi connectivity index (χ1n) is 10.3. The second-order valence-electron chi connectivity index (χ2n) is 7.21. The van der Waals surface area contributed by atoms with Crippen molar-refractivity contribution in [1.29, 1.82) is 0 Å². The van der Waals surface area contributed by atoms with E-state index in [1.165, 1.54) is 47.2 Å². The Bertz CT molecular complexity index is 1330. The van der Waals surface area contributed by atoms with Crippen LogP contribution in [0.25, 0.3) is 22.5 Å². The largest absolute Gasteiger partial charge is 0.465 e. The molecule has 0 fully saturated rings. The molecule has 34 heavy (non-hydrogen) atoms. The fraction of sp³-hybridized carbons (Fsp3) is 0.217. The van der Waals surface area contributed by atoms with Crippen molar-refractivity contribution in [2.75, 3.05) is 18.2 Å². The predicted octanol–water partition coefficient (Wildman–Crippen LogP) is 5.49. The van der Waals surface area contributed by atoms with Crippen LogP contribution >= 0.6 is 34.4 Å². The standard InChI is InChI=1S/C23H21FN4O3S3/c1-4-16-9-14(10-32-16)20-26-27-23(28(20)2)34-12-18(29)25-21-19(22(30)31-3)17(11-33-21)13-5-7-15(24)8-6-13/h5-11H,4,12H2,1-3H3,(H,25,29). The Kier molecular flexibility index (Phi) is 7.44. The van der Waals surface area contributed by atoms with E-state index in [4.69, 9.17) is 4.74 Å². The number of esters is 1. The molecule has 0 unspecified atom stereocenters. The molecule has 0 bridgehead atoms. The average molecular weight is 517 g/mol. The van der Waals surface area contributed by atoms with Crippen molar-refractivity contribution in [3.8, 4) is 22.5 Å². The minimum Gasteiger partial charge on any atom is -0.465 e. The van der Waals surface area contributed by atoms with Gasteiger partial charge in [-0.2, -0.15) is 0 Å².